The number of fused-ring (bicyclic) bond motifs is 1. The van der Waals surface area contributed by atoms with E-state index in [0.717, 1.165) is 43.1 Å². The lowest BCUT2D eigenvalue weighted by atomic mass is 9.96. The van der Waals surface area contributed by atoms with Crippen LogP contribution in [-0.4, -0.2) is 93.6 Å². The predicted molar refractivity (Wildman–Crippen MR) is 126 cm³/mol. The molecule has 1 fully saturated rings. The summed E-state index contributed by atoms with van der Waals surface area (Å²) >= 11 is 0. The maximum atomic E-state index is 12.3. The molecular weight excluding hydrogens is 476 g/mol. The average molecular weight is 511 g/mol. The van der Waals surface area contributed by atoms with Gasteiger partial charge in [0.2, 0.25) is 5.91 Å². The fraction of sp³-hybridized carbons (Fsp3) is 0.583. The Kier molecular flexibility index (Phi) is 10.9. The number of nitrogens with zero attached hydrogens (tertiary/aromatic N) is 1. The van der Waals surface area contributed by atoms with Crippen molar-refractivity contribution < 1.29 is 49.1 Å². The molecule has 1 aromatic rings. The maximum Gasteiger partial charge on any atom is 0.336 e. The van der Waals surface area contributed by atoms with Crippen LogP contribution in [-0.2, 0) is 25.6 Å². The molecular formula is C24H34N2O10. The van der Waals surface area contributed by atoms with Gasteiger partial charge in [-0.2, -0.15) is 0 Å². The first-order chi connectivity index (χ1) is 17.0. The minimum absolute atomic E-state index is 0.0766. The van der Waals surface area contributed by atoms with E-state index in [9.17, 15) is 19.2 Å². The zero-order valence-corrected chi connectivity index (χ0v) is 20.3. The fourth-order valence-electron chi connectivity index (χ4n) is 3.93. The first-order valence-corrected chi connectivity index (χ1v) is 11.8. The first kappa shape index (κ1) is 28.9. The first-order valence-electron chi connectivity index (χ1n) is 11.8. The Morgan fingerprint density at radius 3 is 2.11 bits per heavy atom. The van der Waals surface area contributed by atoms with Gasteiger partial charge in [-0.15, -0.1) is 0 Å². The molecule has 1 atom stereocenters. The number of carboxylic acid groups (broad SMARTS) is 3. The smallest absolute Gasteiger partial charge is 0.336 e. The highest BCUT2D eigenvalue weighted by Gasteiger charge is 2.40. The van der Waals surface area contributed by atoms with E-state index in [2.05, 4.69) is 17.1 Å². The number of nitrogens with one attached hydrogen (secondary N) is 1. The normalized spacial score (nSPS) is 15.8. The molecule has 12 nitrogen and oxygen atoms in total. The van der Waals surface area contributed by atoms with Gasteiger partial charge < -0.3 is 40.1 Å². The Bertz CT molecular complexity index is 913. The maximum absolute atomic E-state index is 12.3. The Morgan fingerprint density at radius 2 is 1.58 bits per heavy atom. The van der Waals surface area contributed by atoms with Gasteiger partial charge in [-0.25, -0.2) is 4.79 Å². The number of rotatable bonds is 11. The Balaban J connectivity index is 0.000000302. The third-order valence-corrected chi connectivity index (χ3v) is 5.79. The highest BCUT2D eigenvalue weighted by Crippen LogP contribution is 2.30. The fourth-order valence-corrected chi connectivity index (χ4v) is 3.93. The molecule has 2 aliphatic heterocycles. The summed E-state index contributed by atoms with van der Waals surface area (Å²) in [5.41, 5.74) is -1.78. The van der Waals surface area contributed by atoms with Crippen LogP contribution in [0.25, 0.3) is 0 Å². The van der Waals surface area contributed by atoms with Gasteiger partial charge in [-0.05, 0) is 50.0 Å². The third-order valence-electron chi connectivity index (χ3n) is 5.79. The topological polar surface area (TPSA) is 183 Å². The van der Waals surface area contributed by atoms with Crippen molar-refractivity contribution >= 4 is 23.8 Å². The van der Waals surface area contributed by atoms with E-state index in [-0.39, 0.29) is 11.9 Å². The molecule has 0 aromatic heterocycles. The molecule has 0 bridgehead atoms. The van der Waals surface area contributed by atoms with Crippen molar-refractivity contribution in [3.63, 3.8) is 0 Å². The van der Waals surface area contributed by atoms with E-state index < -0.39 is 36.4 Å². The van der Waals surface area contributed by atoms with Crippen LogP contribution in [0, 0.1) is 0 Å². The number of carboxylic acids is 3. The van der Waals surface area contributed by atoms with Crippen LogP contribution in [0.5, 0.6) is 11.5 Å². The minimum atomic E-state index is -2.74. The standard InChI is InChI=1S/C18H26N2O3.C6H8O7/c1-2-15(13-20-7-3-4-8-20)19-18(21)12-14-5-6-16-17(11-14)23-10-9-22-16;7-3(8)1-6(13,5(11)12)2-4(9)10/h5-6,11,15H,2-4,7-10,12-13H2,1H3,(H,19,21);13H,1-2H2,(H,7,8)(H,9,10)(H,11,12). The van der Waals surface area contributed by atoms with Crippen LogP contribution in [0.3, 0.4) is 0 Å². The average Bonchev–Trinajstić information content (AvgIpc) is 3.31. The third kappa shape index (κ3) is 9.34. The molecule has 1 aromatic carbocycles. The summed E-state index contributed by atoms with van der Waals surface area (Å²) in [6.45, 7) is 6.56. The summed E-state index contributed by atoms with van der Waals surface area (Å²) in [6, 6.07) is 5.97. The number of hydrogen-bond donors (Lipinski definition) is 5. The molecule has 36 heavy (non-hydrogen) atoms. The van der Waals surface area contributed by atoms with Crippen LogP contribution in [0.4, 0.5) is 0 Å². The summed E-state index contributed by atoms with van der Waals surface area (Å²) in [4.78, 5) is 45.2. The molecule has 5 N–H and O–H groups in total. The molecule has 1 saturated heterocycles. The molecule has 0 radical (unpaired) electrons. The Labute approximate surface area is 208 Å². The van der Waals surface area contributed by atoms with Crippen LogP contribution in [0.1, 0.15) is 44.6 Å². The van der Waals surface area contributed by atoms with Gasteiger partial charge in [-0.3, -0.25) is 14.4 Å². The number of hydrogen-bond acceptors (Lipinski definition) is 8. The van der Waals surface area contributed by atoms with E-state index in [4.69, 9.17) is 29.9 Å². The zero-order chi connectivity index (χ0) is 26.7. The lowest BCUT2D eigenvalue weighted by Crippen LogP contribution is -2.43. The lowest BCUT2D eigenvalue weighted by Gasteiger charge is -2.23. The molecule has 0 aliphatic carbocycles. The van der Waals surface area contributed by atoms with Crippen molar-refractivity contribution in [2.24, 2.45) is 0 Å². The summed E-state index contributed by atoms with van der Waals surface area (Å²) in [7, 11) is 0. The summed E-state index contributed by atoms with van der Waals surface area (Å²) in [5.74, 6) is -3.44. The lowest BCUT2D eigenvalue weighted by molar-refractivity contribution is -0.170. The molecule has 3 rings (SSSR count). The molecule has 2 heterocycles. The van der Waals surface area contributed by atoms with Crippen molar-refractivity contribution in [2.45, 2.75) is 57.1 Å². The van der Waals surface area contributed by atoms with Crippen LogP contribution >= 0.6 is 0 Å². The highest BCUT2D eigenvalue weighted by atomic mass is 16.6. The minimum Gasteiger partial charge on any atom is -0.486 e. The summed E-state index contributed by atoms with van der Waals surface area (Å²) < 4.78 is 11.1. The Hall–Kier alpha value is -3.38. The number of amides is 1. The molecule has 2 aliphatic rings. The predicted octanol–water partition coefficient (Wildman–Crippen LogP) is 0.742. The zero-order valence-electron chi connectivity index (χ0n) is 20.3. The second-order valence-electron chi connectivity index (χ2n) is 8.81. The van der Waals surface area contributed by atoms with Gasteiger partial charge in [0.05, 0.1) is 19.3 Å². The van der Waals surface area contributed by atoms with Crippen molar-refractivity contribution in [3.05, 3.63) is 23.8 Å². The number of carbonyl (C=O) groups is 4. The van der Waals surface area contributed by atoms with Crippen molar-refractivity contribution in [1.29, 1.82) is 0 Å². The molecule has 0 spiro atoms. The van der Waals surface area contributed by atoms with Gasteiger partial charge in [0.15, 0.2) is 17.1 Å². The number of benzene rings is 1. The number of likely N-dealkylation sites (tertiary alicyclic amines) is 1. The Morgan fingerprint density at radius 1 is 1.00 bits per heavy atom. The van der Waals surface area contributed by atoms with Gasteiger partial charge >= 0.3 is 17.9 Å². The van der Waals surface area contributed by atoms with Crippen molar-refractivity contribution in [3.8, 4) is 11.5 Å². The monoisotopic (exact) mass is 510 g/mol. The molecule has 200 valence electrons. The number of aliphatic carboxylic acids is 3. The largest absolute Gasteiger partial charge is 0.486 e. The molecule has 1 amide bonds. The van der Waals surface area contributed by atoms with E-state index in [1.807, 2.05) is 18.2 Å². The number of carbonyl (C=O) groups excluding carboxylic acids is 1. The molecule has 0 saturated carbocycles. The number of ether oxygens (including phenoxy) is 2. The molecule has 1 unspecified atom stereocenters. The van der Waals surface area contributed by atoms with Crippen LogP contribution < -0.4 is 14.8 Å². The second-order valence-corrected chi connectivity index (χ2v) is 8.81. The van der Waals surface area contributed by atoms with Crippen LogP contribution in [0.15, 0.2) is 18.2 Å². The van der Waals surface area contributed by atoms with Gasteiger partial charge in [0.25, 0.3) is 0 Å². The highest BCUT2D eigenvalue weighted by molar-refractivity contribution is 5.88. The molecule has 12 heteroatoms. The van der Waals surface area contributed by atoms with Crippen molar-refractivity contribution in [1.82, 2.24) is 10.2 Å². The SMILES string of the molecule is CCC(CN1CCCC1)NC(=O)Cc1ccc2c(c1)OCCO2.O=C(O)CC(O)(CC(=O)O)C(=O)O. The van der Waals surface area contributed by atoms with E-state index >= 15 is 0 Å². The summed E-state index contributed by atoms with van der Waals surface area (Å²) in [5, 5.41) is 37.0. The van der Waals surface area contributed by atoms with Gasteiger partial charge in [0, 0.05) is 12.6 Å². The number of aliphatic hydroxyl groups is 1. The van der Waals surface area contributed by atoms with Crippen molar-refractivity contribution in [2.75, 3.05) is 32.8 Å². The van der Waals surface area contributed by atoms with E-state index in [1.54, 1.807) is 0 Å². The van der Waals surface area contributed by atoms with Crippen LogP contribution in [0.2, 0.25) is 0 Å². The summed E-state index contributed by atoms with van der Waals surface area (Å²) in [6.07, 6.45) is 1.61. The quantitative estimate of drug-likeness (QED) is 0.283. The van der Waals surface area contributed by atoms with Gasteiger partial charge in [-0.1, -0.05) is 13.0 Å². The van der Waals surface area contributed by atoms with E-state index in [0.29, 0.717) is 19.6 Å². The van der Waals surface area contributed by atoms with Gasteiger partial charge in [0.1, 0.15) is 13.2 Å². The van der Waals surface area contributed by atoms with E-state index in [1.165, 1.54) is 12.8 Å². The second kappa shape index (κ2) is 13.6.